The van der Waals surface area contributed by atoms with Crippen LogP contribution in [0.15, 0.2) is 45.3 Å². The molecule has 0 aliphatic carbocycles. The highest BCUT2D eigenvalue weighted by molar-refractivity contribution is 9.10. The van der Waals surface area contributed by atoms with E-state index in [0.717, 1.165) is 15.4 Å². The first-order chi connectivity index (χ1) is 11.8. The van der Waals surface area contributed by atoms with Crippen molar-refractivity contribution >= 4 is 37.8 Å². The summed E-state index contributed by atoms with van der Waals surface area (Å²) in [4.78, 5) is 12.7. The first kappa shape index (κ1) is 20.0. The van der Waals surface area contributed by atoms with Gasteiger partial charge in [-0.1, -0.05) is 35.8 Å². The number of hydrogen-bond donors (Lipinski definition) is 0. The Balaban J connectivity index is 2.26. The van der Waals surface area contributed by atoms with E-state index in [1.807, 2.05) is 38.1 Å². The molecule has 0 heterocycles. The Morgan fingerprint density at radius 1 is 1.04 bits per heavy atom. The van der Waals surface area contributed by atoms with Crippen LogP contribution in [0, 0.1) is 0 Å². The predicted molar refractivity (Wildman–Crippen MR) is 108 cm³/mol. The molecule has 0 aromatic heterocycles. The van der Waals surface area contributed by atoms with E-state index in [0.29, 0.717) is 23.0 Å². The predicted octanol–water partition coefficient (Wildman–Crippen LogP) is 6.73. The molecule has 1 atom stereocenters. The minimum absolute atomic E-state index is 0.0331. The topological polar surface area (TPSA) is 35.5 Å². The smallest absolute Gasteiger partial charge is 0.347 e. The highest BCUT2D eigenvalue weighted by atomic mass is 79.9. The van der Waals surface area contributed by atoms with Crippen LogP contribution in [0.5, 0.6) is 11.5 Å². The Bertz CT molecular complexity index is 757. The van der Waals surface area contributed by atoms with E-state index in [-0.39, 0.29) is 6.10 Å². The summed E-state index contributed by atoms with van der Waals surface area (Å²) in [5.41, 5.74) is 1.60. The van der Waals surface area contributed by atoms with E-state index < -0.39 is 5.97 Å². The van der Waals surface area contributed by atoms with Gasteiger partial charge in [-0.2, -0.15) is 0 Å². The largest absolute Gasteiger partial charge is 0.490 e. The van der Waals surface area contributed by atoms with Gasteiger partial charge in [0.25, 0.3) is 0 Å². The van der Waals surface area contributed by atoms with Crippen LogP contribution in [0.1, 0.15) is 56.0 Å². The Kier molecular flexibility index (Phi) is 7.08. The van der Waals surface area contributed by atoms with Crippen LogP contribution >= 0.6 is 31.9 Å². The molecule has 0 aliphatic heterocycles. The van der Waals surface area contributed by atoms with Crippen molar-refractivity contribution in [1.82, 2.24) is 0 Å². The Hall–Kier alpha value is -1.33. The number of carbonyl (C=O) groups is 1. The molecule has 2 aromatic carbocycles. The third-order valence-electron chi connectivity index (χ3n) is 3.86. The van der Waals surface area contributed by atoms with Crippen LogP contribution < -0.4 is 9.47 Å². The number of ether oxygens (including phenoxy) is 2. The lowest BCUT2D eigenvalue weighted by atomic mass is 9.99. The van der Waals surface area contributed by atoms with Gasteiger partial charge in [-0.25, -0.2) is 4.79 Å². The van der Waals surface area contributed by atoms with E-state index in [1.54, 1.807) is 12.1 Å². The first-order valence-corrected chi connectivity index (χ1v) is 9.88. The monoisotopic (exact) mass is 468 g/mol. The number of esters is 1. The molecule has 0 amide bonds. The molecule has 0 saturated heterocycles. The zero-order valence-electron chi connectivity index (χ0n) is 14.8. The molecule has 134 valence electrons. The SMILES string of the molecule is CCC(C)c1ccc(OC(=O)c2cc(Br)ccc2OC(C)C)c(Br)c1. The van der Waals surface area contributed by atoms with Gasteiger partial charge in [-0.3, -0.25) is 0 Å². The van der Waals surface area contributed by atoms with Crippen molar-refractivity contribution in [2.24, 2.45) is 0 Å². The third kappa shape index (κ3) is 5.32. The standard InChI is InChI=1S/C20H22Br2O3/c1-5-13(4)14-6-8-19(17(22)10-14)25-20(23)16-11-15(21)7-9-18(16)24-12(2)3/h6-13H,5H2,1-4H3. The molecular formula is C20H22Br2O3. The summed E-state index contributed by atoms with van der Waals surface area (Å²) in [7, 11) is 0. The van der Waals surface area contributed by atoms with Gasteiger partial charge in [0.15, 0.2) is 0 Å². The van der Waals surface area contributed by atoms with Crippen molar-refractivity contribution in [3.63, 3.8) is 0 Å². The molecule has 1 unspecified atom stereocenters. The molecule has 0 N–H and O–H groups in total. The Labute approximate surface area is 166 Å². The van der Waals surface area contributed by atoms with Gasteiger partial charge in [0, 0.05) is 4.47 Å². The molecule has 0 saturated carbocycles. The third-order valence-corrected chi connectivity index (χ3v) is 4.98. The molecule has 5 heteroatoms. The Morgan fingerprint density at radius 2 is 1.72 bits per heavy atom. The molecule has 0 radical (unpaired) electrons. The molecule has 0 bridgehead atoms. The molecule has 0 fully saturated rings. The second-order valence-corrected chi connectivity index (χ2v) is 7.97. The van der Waals surface area contributed by atoms with E-state index in [1.165, 1.54) is 5.56 Å². The highest BCUT2D eigenvalue weighted by Crippen LogP contribution is 2.32. The molecule has 3 nitrogen and oxygen atoms in total. The van der Waals surface area contributed by atoms with E-state index >= 15 is 0 Å². The molecule has 2 aromatic rings. The number of carbonyl (C=O) groups excluding carboxylic acids is 1. The van der Waals surface area contributed by atoms with Crippen molar-refractivity contribution in [3.05, 3.63) is 56.5 Å². The zero-order chi connectivity index (χ0) is 18.6. The molecule has 25 heavy (non-hydrogen) atoms. The zero-order valence-corrected chi connectivity index (χ0v) is 18.0. The van der Waals surface area contributed by atoms with E-state index in [4.69, 9.17) is 9.47 Å². The van der Waals surface area contributed by atoms with Gasteiger partial charge in [0.2, 0.25) is 0 Å². The highest BCUT2D eigenvalue weighted by Gasteiger charge is 2.18. The van der Waals surface area contributed by atoms with Crippen molar-refractivity contribution < 1.29 is 14.3 Å². The van der Waals surface area contributed by atoms with Crippen LogP contribution in [-0.4, -0.2) is 12.1 Å². The first-order valence-electron chi connectivity index (χ1n) is 8.29. The van der Waals surface area contributed by atoms with Gasteiger partial charge in [-0.15, -0.1) is 0 Å². The maximum absolute atomic E-state index is 12.7. The van der Waals surface area contributed by atoms with Gasteiger partial charge in [0.05, 0.1) is 10.6 Å². The van der Waals surface area contributed by atoms with Crippen molar-refractivity contribution in [3.8, 4) is 11.5 Å². The minimum atomic E-state index is -0.450. The molecule has 2 rings (SSSR count). The molecule has 0 aliphatic rings. The van der Waals surface area contributed by atoms with Crippen molar-refractivity contribution in [1.29, 1.82) is 0 Å². The van der Waals surface area contributed by atoms with Gasteiger partial charge in [-0.05, 0) is 78.0 Å². The summed E-state index contributed by atoms with van der Waals surface area (Å²) in [6.45, 7) is 8.16. The number of halogens is 2. The lowest BCUT2D eigenvalue weighted by Crippen LogP contribution is -2.14. The summed E-state index contributed by atoms with van der Waals surface area (Å²) < 4.78 is 12.9. The fraction of sp³-hybridized carbons (Fsp3) is 0.350. The maximum Gasteiger partial charge on any atom is 0.347 e. The minimum Gasteiger partial charge on any atom is -0.490 e. The average Bonchev–Trinajstić information content (AvgIpc) is 2.57. The maximum atomic E-state index is 12.7. The van der Waals surface area contributed by atoms with Crippen molar-refractivity contribution in [2.45, 2.75) is 46.1 Å². The summed E-state index contributed by atoms with van der Waals surface area (Å²) in [5, 5.41) is 0. The average molecular weight is 470 g/mol. The Morgan fingerprint density at radius 3 is 2.32 bits per heavy atom. The van der Waals surface area contributed by atoms with Crippen molar-refractivity contribution in [2.75, 3.05) is 0 Å². The van der Waals surface area contributed by atoms with Crippen LogP contribution in [0.3, 0.4) is 0 Å². The lowest BCUT2D eigenvalue weighted by Gasteiger charge is -2.15. The van der Waals surface area contributed by atoms with Gasteiger partial charge >= 0.3 is 5.97 Å². The summed E-state index contributed by atoms with van der Waals surface area (Å²) in [6, 6.07) is 11.1. The van der Waals surface area contributed by atoms with Crippen LogP contribution in [-0.2, 0) is 0 Å². The summed E-state index contributed by atoms with van der Waals surface area (Å²) >= 11 is 6.89. The number of rotatable bonds is 6. The summed E-state index contributed by atoms with van der Waals surface area (Å²) in [6.07, 6.45) is 1.02. The number of hydrogen-bond acceptors (Lipinski definition) is 3. The van der Waals surface area contributed by atoms with Crippen LogP contribution in [0.25, 0.3) is 0 Å². The fourth-order valence-corrected chi connectivity index (χ4v) is 3.15. The second-order valence-electron chi connectivity index (χ2n) is 6.20. The fourth-order valence-electron chi connectivity index (χ4n) is 2.32. The number of benzene rings is 2. The van der Waals surface area contributed by atoms with E-state index in [9.17, 15) is 4.79 Å². The quantitative estimate of drug-likeness (QED) is 0.347. The van der Waals surface area contributed by atoms with Crippen LogP contribution in [0.4, 0.5) is 0 Å². The molecular weight excluding hydrogens is 448 g/mol. The lowest BCUT2D eigenvalue weighted by molar-refractivity contribution is 0.0727. The van der Waals surface area contributed by atoms with E-state index in [2.05, 4.69) is 45.7 Å². The second kappa shape index (κ2) is 8.86. The normalized spacial score (nSPS) is 12.1. The summed E-state index contributed by atoms with van der Waals surface area (Å²) in [5.74, 6) is 1.01. The van der Waals surface area contributed by atoms with Gasteiger partial charge in [0.1, 0.15) is 17.1 Å². The molecule has 0 spiro atoms. The van der Waals surface area contributed by atoms with Gasteiger partial charge < -0.3 is 9.47 Å². The van der Waals surface area contributed by atoms with Crippen LogP contribution in [0.2, 0.25) is 0 Å².